The molecule has 2 aromatic heterocycles. The first-order chi connectivity index (χ1) is 14.2. The summed E-state index contributed by atoms with van der Waals surface area (Å²) in [5, 5.41) is 0. The van der Waals surface area contributed by atoms with Gasteiger partial charge in [0.2, 0.25) is 5.82 Å². The number of rotatable bonds is 4. The van der Waals surface area contributed by atoms with Gasteiger partial charge < -0.3 is 18.4 Å². The number of fused-ring (bicyclic) bond motifs is 1. The Balaban J connectivity index is 0.000000830. The fourth-order valence-electron chi connectivity index (χ4n) is 4.13. The number of pyridine rings is 1. The van der Waals surface area contributed by atoms with Gasteiger partial charge >= 0.3 is 29.6 Å². The number of nitrogens with zero attached hydrogens (tertiary/aromatic N) is 5. The van der Waals surface area contributed by atoms with Gasteiger partial charge in [-0.05, 0) is 38.2 Å². The third-order valence-corrected chi connectivity index (χ3v) is 6.05. The van der Waals surface area contributed by atoms with Crippen molar-refractivity contribution in [3.63, 3.8) is 0 Å². The molecule has 0 amide bonds. The molecule has 5 rings (SSSR count). The molecule has 0 bridgehead atoms. The molecule has 1 unspecified atom stereocenters. The molecule has 3 aliphatic rings. The van der Waals surface area contributed by atoms with Crippen molar-refractivity contribution in [2.24, 2.45) is 5.73 Å². The molecule has 1 saturated carbocycles. The summed E-state index contributed by atoms with van der Waals surface area (Å²) in [6.07, 6.45) is 12.4. The van der Waals surface area contributed by atoms with Crippen LogP contribution in [0.3, 0.4) is 0 Å². The molecule has 2 aromatic rings. The summed E-state index contributed by atoms with van der Waals surface area (Å²) in [5.74, 6) is 3.50. The van der Waals surface area contributed by atoms with Gasteiger partial charge in [0.25, 0.3) is 0 Å². The van der Waals surface area contributed by atoms with Crippen molar-refractivity contribution >= 4 is 31.2 Å². The standard InChI is InChI=1S/C21H27N6.C2H6.Na.H2S/c1-27(14-22)12-8-17-16(7-9-23-21(17)27)20-24-18(15-5-6-15)13-19(25-20)26-10-3-2-4-11-26;1-2;;/h7-9,12-13,15H,2-6,10-11,14,22H2,1H3;1-2H3;;1H2/q+1;;+1;/p-1. The number of thiol groups is 1. The van der Waals surface area contributed by atoms with E-state index in [2.05, 4.69) is 35.3 Å². The molecule has 2 aliphatic heterocycles. The largest absolute Gasteiger partial charge is 1.00 e. The van der Waals surface area contributed by atoms with Gasteiger partial charge in [-0.25, -0.2) is 19.4 Å². The summed E-state index contributed by atoms with van der Waals surface area (Å²) in [6.45, 7) is 6.68. The van der Waals surface area contributed by atoms with Crippen molar-refractivity contribution in [3.05, 3.63) is 35.8 Å². The van der Waals surface area contributed by atoms with Gasteiger partial charge in [-0.15, -0.1) is 0 Å². The Bertz CT molecular complexity index is 911. The summed E-state index contributed by atoms with van der Waals surface area (Å²) in [6, 6.07) is 4.27. The quantitative estimate of drug-likeness (QED) is 0.325. The summed E-state index contributed by atoms with van der Waals surface area (Å²) in [4.78, 5) is 17.0. The fourth-order valence-corrected chi connectivity index (χ4v) is 4.13. The van der Waals surface area contributed by atoms with Gasteiger partial charge in [-0.2, -0.15) is 0 Å². The van der Waals surface area contributed by atoms with Crippen LogP contribution in [0.5, 0.6) is 0 Å². The molecule has 2 N–H and O–H groups in total. The van der Waals surface area contributed by atoms with Gasteiger partial charge in [-0.1, -0.05) is 13.8 Å². The van der Waals surface area contributed by atoms with Crippen molar-refractivity contribution in [1.29, 1.82) is 0 Å². The van der Waals surface area contributed by atoms with Gasteiger partial charge in [0.15, 0.2) is 5.82 Å². The number of quaternary nitrogens is 1. The van der Waals surface area contributed by atoms with Crippen LogP contribution in [0.4, 0.5) is 11.6 Å². The Hall–Kier alpha value is -0.960. The summed E-state index contributed by atoms with van der Waals surface area (Å²) < 4.78 is 0.518. The van der Waals surface area contributed by atoms with Crippen LogP contribution in [0.2, 0.25) is 0 Å². The van der Waals surface area contributed by atoms with Crippen molar-refractivity contribution in [3.8, 4) is 11.4 Å². The molecular weight excluding hydrogens is 415 g/mol. The van der Waals surface area contributed by atoms with Crippen molar-refractivity contribution in [2.45, 2.75) is 51.9 Å². The SMILES string of the molecule is CC.C[N+]1(CN)C=Cc2c(-c3nc(C4CC4)cc(N4CCCCC4)n3)ccnc21.[Na+].[SH-]. The maximum absolute atomic E-state index is 6.01. The van der Waals surface area contributed by atoms with E-state index in [0.717, 1.165) is 41.7 Å². The van der Waals surface area contributed by atoms with Crippen LogP contribution in [0.1, 0.15) is 63.1 Å². The smallest absolute Gasteiger partial charge is 0.813 e. The second-order valence-electron chi connectivity index (χ2n) is 8.16. The average molecular weight is 450 g/mol. The maximum atomic E-state index is 6.01. The zero-order chi connectivity index (χ0) is 20.4. The molecule has 31 heavy (non-hydrogen) atoms. The Labute approximate surface area is 215 Å². The minimum absolute atomic E-state index is 0. The van der Waals surface area contributed by atoms with Crippen LogP contribution in [0.15, 0.2) is 24.5 Å². The zero-order valence-corrected chi connectivity index (χ0v) is 22.3. The van der Waals surface area contributed by atoms with Crippen LogP contribution >= 0.6 is 0 Å². The number of hydrogen-bond donors (Lipinski definition) is 1. The van der Waals surface area contributed by atoms with Crippen LogP contribution in [0.25, 0.3) is 17.5 Å². The van der Waals surface area contributed by atoms with E-state index in [0.29, 0.717) is 17.1 Å². The first-order valence-corrected chi connectivity index (χ1v) is 11.1. The minimum Gasteiger partial charge on any atom is -0.813 e. The van der Waals surface area contributed by atoms with Gasteiger partial charge in [0, 0.05) is 48.6 Å². The average Bonchev–Trinajstić information content (AvgIpc) is 3.59. The molecule has 4 heterocycles. The molecule has 6 nitrogen and oxygen atoms in total. The monoisotopic (exact) mass is 449 g/mol. The predicted octanol–water partition coefficient (Wildman–Crippen LogP) is 1.00. The van der Waals surface area contributed by atoms with Gasteiger partial charge in [-0.3, -0.25) is 5.73 Å². The molecule has 2 fully saturated rings. The normalized spacial score (nSPS) is 21.4. The van der Waals surface area contributed by atoms with Crippen molar-refractivity contribution in [1.82, 2.24) is 19.4 Å². The van der Waals surface area contributed by atoms with Crippen molar-refractivity contribution in [2.75, 3.05) is 31.7 Å². The molecule has 0 spiro atoms. The van der Waals surface area contributed by atoms with E-state index in [1.165, 1.54) is 37.8 Å². The number of nitrogens with two attached hydrogens (primary N) is 1. The number of aromatic nitrogens is 3. The fraction of sp³-hybridized carbons (Fsp3) is 0.522. The second-order valence-corrected chi connectivity index (χ2v) is 8.16. The Morgan fingerprint density at radius 1 is 1.13 bits per heavy atom. The van der Waals surface area contributed by atoms with Crippen molar-refractivity contribution < 1.29 is 29.6 Å². The Morgan fingerprint density at radius 3 is 2.48 bits per heavy atom. The second kappa shape index (κ2) is 11.3. The third kappa shape index (κ3) is 5.34. The number of hydrogen-bond acceptors (Lipinski definition) is 6. The van der Waals surface area contributed by atoms with Crippen LogP contribution in [0, 0.1) is 0 Å². The zero-order valence-electron chi connectivity index (χ0n) is 19.4. The molecule has 1 aliphatic carbocycles. The van der Waals surface area contributed by atoms with E-state index in [1.54, 1.807) is 0 Å². The third-order valence-electron chi connectivity index (χ3n) is 6.05. The molecule has 1 atom stereocenters. The molecule has 1 saturated heterocycles. The van der Waals surface area contributed by atoms with E-state index < -0.39 is 0 Å². The maximum Gasteiger partial charge on any atom is 1.00 e. The molecule has 0 radical (unpaired) electrons. The molecule has 0 aromatic carbocycles. The summed E-state index contributed by atoms with van der Waals surface area (Å²) in [5.41, 5.74) is 9.37. The Kier molecular flexibility index (Phi) is 9.55. The minimum atomic E-state index is 0. The van der Waals surface area contributed by atoms with Gasteiger partial charge in [0.05, 0.1) is 12.6 Å². The first kappa shape index (κ1) is 26.3. The predicted molar refractivity (Wildman–Crippen MR) is 129 cm³/mol. The molecule has 8 heteroatoms. The van der Waals surface area contributed by atoms with Crippen LogP contribution in [-0.2, 0) is 13.5 Å². The topological polar surface area (TPSA) is 67.9 Å². The molecular formula is C23H34N6NaS+. The van der Waals surface area contributed by atoms with E-state index in [9.17, 15) is 0 Å². The number of anilines is 1. The summed E-state index contributed by atoms with van der Waals surface area (Å²) in [7, 11) is 2.08. The van der Waals surface area contributed by atoms with Crippen LogP contribution in [-0.4, -0.2) is 41.8 Å². The first-order valence-electron chi connectivity index (χ1n) is 11.1. The van der Waals surface area contributed by atoms with E-state index in [1.807, 2.05) is 26.1 Å². The van der Waals surface area contributed by atoms with E-state index in [-0.39, 0.29) is 43.1 Å². The van der Waals surface area contributed by atoms with Gasteiger partial charge in [0.1, 0.15) is 18.7 Å². The van der Waals surface area contributed by atoms with Crippen LogP contribution < -0.4 is 44.7 Å². The molecule has 162 valence electrons. The van der Waals surface area contributed by atoms with E-state index in [4.69, 9.17) is 15.7 Å². The number of piperidine rings is 1. The van der Waals surface area contributed by atoms with E-state index >= 15 is 0 Å². The summed E-state index contributed by atoms with van der Waals surface area (Å²) >= 11 is 0. The Morgan fingerprint density at radius 2 is 1.84 bits per heavy atom.